The summed E-state index contributed by atoms with van der Waals surface area (Å²) in [5, 5.41) is 4.09. The molecule has 0 aromatic heterocycles. The Bertz CT molecular complexity index is 576. The summed E-state index contributed by atoms with van der Waals surface area (Å²) < 4.78 is 0. The maximum Gasteiger partial charge on any atom is 0.236 e. The minimum Gasteiger partial charge on any atom is -0.342 e. The molecule has 2 heterocycles. The number of piperazine rings is 1. The molecule has 3 rings (SSSR count). The number of likely N-dealkylation sites (tertiary alicyclic amines) is 1. The van der Waals surface area contributed by atoms with Crippen LogP contribution in [0.25, 0.3) is 6.08 Å². The summed E-state index contributed by atoms with van der Waals surface area (Å²) in [6.45, 7) is 6.25. The molecule has 0 radical (unpaired) electrons. The molecule has 0 spiro atoms. The highest BCUT2D eigenvalue weighted by Crippen LogP contribution is 2.21. The van der Waals surface area contributed by atoms with Crippen molar-refractivity contribution in [3.63, 3.8) is 0 Å². The number of carbonyl (C=O) groups excluding carboxylic acids is 1. The minimum absolute atomic E-state index is 0.286. The van der Waals surface area contributed by atoms with Crippen LogP contribution in [0.5, 0.6) is 0 Å². The van der Waals surface area contributed by atoms with E-state index in [2.05, 4.69) is 28.4 Å². The van der Waals surface area contributed by atoms with Crippen molar-refractivity contribution in [1.29, 1.82) is 0 Å². The summed E-state index contributed by atoms with van der Waals surface area (Å²) in [5.74, 6) is 0.835. The van der Waals surface area contributed by atoms with Crippen LogP contribution in [-0.2, 0) is 4.79 Å². The van der Waals surface area contributed by atoms with E-state index in [0.717, 1.165) is 62.7 Å². The number of amides is 1. The van der Waals surface area contributed by atoms with Crippen LogP contribution in [0.1, 0.15) is 18.4 Å². The van der Waals surface area contributed by atoms with Crippen molar-refractivity contribution < 1.29 is 4.79 Å². The average molecular weight is 348 g/mol. The number of hydrogen-bond acceptors (Lipinski definition) is 3. The molecule has 2 fully saturated rings. The van der Waals surface area contributed by atoms with E-state index in [1.165, 1.54) is 0 Å². The Hall–Kier alpha value is -1.36. The molecule has 0 aliphatic carbocycles. The van der Waals surface area contributed by atoms with Crippen LogP contribution in [-0.4, -0.2) is 61.5 Å². The number of allylic oxidation sites excluding steroid dienone is 1. The lowest BCUT2D eigenvalue weighted by Gasteiger charge is -2.33. The Morgan fingerprint density at radius 3 is 2.67 bits per heavy atom. The highest BCUT2D eigenvalue weighted by molar-refractivity contribution is 6.30. The van der Waals surface area contributed by atoms with Gasteiger partial charge in [0.1, 0.15) is 0 Å². The second-order valence-corrected chi connectivity index (χ2v) is 7.09. The van der Waals surface area contributed by atoms with Gasteiger partial charge < -0.3 is 10.2 Å². The number of rotatable bonds is 4. The smallest absolute Gasteiger partial charge is 0.236 e. The van der Waals surface area contributed by atoms with E-state index in [1.54, 1.807) is 0 Å². The van der Waals surface area contributed by atoms with Gasteiger partial charge in [-0.15, -0.1) is 0 Å². The number of carbonyl (C=O) groups is 1. The fraction of sp³-hybridized carbons (Fsp3) is 0.526. The standard InChI is InChI=1S/C19H26ClN3O/c20-18-3-1-2-17(14-18)5-4-16-6-10-23(11-7-16)19(24)15-22-12-8-21-9-13-22/h1-5,14,16,21H,6-13,15H2. The molecule has 130 valence electrons. The molecular formula is C19H26ClN3O. The molecule has 2 aliphatic heterocycles. The van der Waals surface area contributed by atoms with Crippen molar-refractivity contribution >= 4 is 23.6 Å². The number of piperidine rings is 1. The molecule has 0 unspecified atom stereocenters. The first-order chi connectivity index (χ1) is 11.7. The quantitative estimate of drug-likeness (QED) is 0.909. The highest BCUT2D eigenvalue weighted by Gasteiger charge is 2.23. The van der Waals surface area contributed by atoms with E-state index in [1.807, 2.05) is 23.1 Å². The van der Waals surface area contributed by atoms with E-state index in [0.29, 0.717) is 12.5 Å². The number of hydrogen-bond donors (Lipinski definition) is 1. The van der Waals surface area contributed by atoms with E-state index < -0.39 is 0 Å². The van der Waals surface area contributed by atoms with E-state index in [-0.39, 0.29) is 5.91 Å². The van der Waals surface area contributed by atoms with Gasteiger partial charge in [-0.2, -0.15) is 0 Å². The van der Waals surface area contributed by atoms with Crippen LogP contribution in [0.3, 0.4) is 0 Å². The minimum atomic E-state index is 0.286. The summed E-state index contributed by atoms with van der Waals surface area (Å²) in [6, 6.07) is 7.90. The van der Waals surface area contributed by atoms with E-state index in [9.17, 15) is 4.79 Å². The van der Waals surface area contributed by atoms with Crippen LogP contribution in [0.2, 0.25) is 5.02 Å². The zero-order valence-electron chi connectivity index (χ0n) is 14.1. The Balaban J connectivity index is 1.44. The van der Waals surface area contributed by atoms with Crippen LogP contribution in [0.4, 0.5) is 0 Å². The zero-order valence-corrected chi connectivity index (χ0v) is 14.8. The molecule has 1 N–H and O–H groups in total. The Morgan fingerprint density at radius 2 is 1.96 bits per heavy atom. The molecule has 0 saturated carbocycles. The highest BCUT2D eigenvalue weighted by atomic mass is 35.5. The second kappa shape index (κ2) is 8.65. The number of nitrogens with one attached hydrogen (secondary N) is 1. The summed E-state index contributed by atoms with van der Waals surface area (Å²) in [7, 11) is 0. The first kappa shape index (κ1) is 17.5. The SMILES string of the molecule is O=C(CN1CCNCC1)N1CCC(C=Cc2cccc(Cl)c2)CC1. The molecule has 1 aromatic carbocycles. The van der Waals surface area contributed by atoms with Crippen molar-refractivity contribution in [3.8, 4) is 0 Å². The van der Waals surface area contributed by atoms with Crippen LogP contribution in [0, 0.1) is 5.92 Å². The normalized spacial score (nSPS) is 20.6. The largest absolute Gasteiger partial charge is 0.342 e. The average Bonchev–Trinajstić information content (AvgIpc) is 2.61. The number of halogens is 1. The third-order valence-electron chi connectivity index (χ3n) is 4.87. The summed E-state index contributed by atoms with van der Waals surface area (Å²) in [4.78, 5) is 16.7. The predicted molar refractivity (Wildman–Crippen MR) is 99.1 cm³/mol. The topological polar surface area (TPSA) is 35.6 Å². The lowest BCUT2D eigenvalue weighted by atomic mass is 9.95. The van der Waals surface area contributed by atoms with E-state index in [4.69, 9.17) is 11.6 Å². The van der Waals surface area contributed by atoms with Crippen molar-refractivity contribution in [3.05, 3.63) is 40.9 Å². The molecule has 1 aromatic rings. The predicted octanol–water partition coefficient (Wildman–Crippen LogP) is 2.50. The summed E-state index contributed by atoms with van der Waals surface area (Å²) >= 11 is 6.01. The van der Waals surface area contributed by atoms with Crippen molar-refractivity contribution in [1.82, 2.24) is 15.1 Å². The maximum atomic E-state index is 12.4. The zero-order chi connectivity index (χ0) is 16.8. The third-order valence-corrected chi connectivity index (χ3v) is 5.11. The molecule has 24 heavy (non-hydrogen) atoms. The summed E-state index contributed by atoms with van der Waals surface area (Å²) in [5.41, 5.74) is 1.14. The molecule has 0 bridgehead atoms. The van der Waals surface area contributed by atoms with Gasteiger partial charge in [0.15, 0.2) is 0 Å². The van der Waals surface area contributed by atoms with Gasteiger partial charge in [-0.1, -0.05) is 35.9 Å². The third kappa shape index (κ3) is 5.07. The molecule has 2 aliphatic rings. The first-order valence-electron chi connectivity index (χ1n) is 8.85. The molecule has 4 nitrogen and oxygen atoms in total. The monoisotopic (exact) mass is 347 g/mol. The number of nitrogens with zero attached hydrogens (tertiary/aromatic N) is 2. The van der Waals surface area contributed by atoms with Gasteiger partial charge in [0.2, 0.25) is 5.91 Å². The van der Waals surface area contributed by atoms with Crippen molar-refractivity contribution in [2.24, 2.45) is 5.92 Å². The van der Waals surface area contributed by atoms with Gasteiger partial charge in [0.05, 0.1) is 6.54 Å². The van der Waals surface area contributed by atoms with Gasteiger partial charge >= 0.3 is 0 Å². The summed E-state index contributed by atoms with van der Waals surface area (Å²) in [6.07, 6.45) is 6.51. The lowest BCUT2D eigenvalue weighted by Crippen LogP contribution is -2.49. The lowest BCUT2D eigenvalue weighted by molar-refractivity contribution is -0.133. The second-order valence-electron chi connectivity index (χ2n) is 6.66. The van der Waals surface area contributed by atoms with Crippen LogP contribution >= 0.6 is 11.6 Å². The molecule has 0 atom stereocenters. The first-order valence-corrected chi connectivity index (χ1v) is 9.23. The van der Waals surface area contributed by atoms with Gasteiger partial charge in [0, 0.05) is 44.3 Å². The Labute approximate surface area is 149 Å². The number of benzene rings is 1. The molecular weight excluding hydrogens is 322 g/mol. The molecule has 1 amide bonds. The maximum absolute atomic E-state index is 12.4. The Kier molecular flexibility index (Phi) is 6.30. The van der Waals surface area contributed by atoms with Gasteiger partial charge in [-0.3, -0.25) is 9.69 Å². The fourth-order valence-corrected chi connectivity index (χ4v) is 3.56. The molecule has 5 heteroatoms. The van der Waals surface area contributed by atoms with E-state index >= 15 is 0 Å². The van der Waals surface area contributed by atoms with Crippen molar-refractivity contribution in [2.45, 2.75) is 12.8 Å². The van der Waals surface area contributed by atoms with Gasteiger partial charge in [0.25, 0.3) is 0 Å². The fourth-order valence-electron chi connectivity index (χ4n) is 3.36. The molecule has 2 saturated heterocycles. The van der Waals surface area contributed by atoms with Crippen LogP contribution in [0.15, 0.2) is 30.3 Å². The van der Waals surface area contributed by atoms with Crippen LogP contribution < -0.4 is 5.32 Å². The van der Waals surface area contributed by atoms with Gasteiger partial charge in [-0.25, -0.2) is 0 Å². The van der Waals surface area contributed by atoms with Crippen molar-refractivity contribution in [2.75, 3.05) is 45.8 Å². The Morgan fingerprint density at radius 1 is 1.21 bits per heavy atom. The van der Waals surface area contributed by atoms with Gasteiger partial charge in [-0.05, 0) is 36.5 Å².